The van der Waals surface area contributed by atoms with Crippen molar-refractivity contribution in [3.63, 3.8) is 0 Å². The predicted molar refractivity (Wildman–Crippen MR) is 141 cm³/mol. The molecule has 4 heterocycles. The first-order valence-electron chi connectivity index (χ1n) is 11.4. The summed E-state index contributed by atoms with van der Waals surface area (Å²) in [5.41, 5.74) is 11.8. The number of amides is 1. The number of benzene rings is 1. The van der Waals surface area contributed by atoms with Gasteiger partial charge >= 0.3 is 6.01 Å². The number of aromatic nitrogens is 7. The van der Waals surface area contributed by atoms with Crippen LogP contribution in [0.4, 0.5) is 11.5 Å². The summed E-state index contributed by atoms with van der Waals surface area (Å²) in [6, 6.07) is 9.56. The van der Waals surface area contributed by atoms with Gasteiger partial charge in [0.2, 0.25) is 0 Å². The van der Waals surface area contributed by atoms with Gasteiger partial charge in [0.1, 0.15) is 29.2 Å². The van der Waals surface area contributed by atoms with Gasteiger partial charge in [-0.2, -0.15) is 5.10 Å². The Balaban J connectivity index is 1.67. The van der Waals surface area contributed by atoms with E-state index >= 15 is 0 Å². The van der Waals surface area contributed by atoms with Gasteiger partial charge in [0, 0.05) is 37.1 Å². The molecule has 11 nitrogen and oxygen atoms in total. The molecule has 1 aromatic carbocycles. The number of nitrogen functional groups attached to an aromatic ring is 1. The molecule has 0 aliphatic carbocycles. The van der Waals surface area contributed by atoms with E-state index in [4.69, 9.17) is 10.5 Å². The van der Waals surface area contributed by atoms with Gasteiger partial charge in [-0.1, -0.05) is 18.7 Å². The van der Waals surface area contributed by atoms with Gasteiger partial charge < -0.3 is 20.4 Å². The number of nitrogens with one attached hydrogen (secondary N) is 1. The Morgan fingerprint density at radius 1 is 1.08 bits per heavy atom. The minimum absolute atomic E-state index is 0.268. The number of ether oxygens (including phenoxy) is 1. The van der Waals surface area contributed by atoms with Gasteiger partial charge in [0.25, 0.3) is 5.91 Å². The molecule has 0 radical (unpaired) electrons. The lowest BCUT2D eigenvalue weighted by molar-refractivity contribution is -0.112. The highest BCUT2D eigenvalue weighted by Gasteiger charge is 2.26. The number of carbonyl (C=O) groups excluding carboxylic acids is 1. The van der Waals surface area contributed by atoms with E-state index in [0.29, 0.717) is 39.6 Å². The van der Waals surface area contributed by atoms with Crippen LogP contribution in [0.1, 0.15) is 12.6 Å². The summed E-state index contributed by atoms with van der Waals surface area (Å²) >= 11 is 0. The second-order valence-corrected chi connectivity index (χ2v) is 8.61. The third kappa shape index (κ3) is 4.27. The van der Waals surface area contributed by atoms with Crippen molar-refractivity contribution in [2.45, 2.75) is 13.8 Å². The predicted octanol–water partition coefficient (Wildman–Crippen LogP) is 4.02. The molecule has 0 saturated heterocycles. The van der Waals surface area contributed by atoms with Crippen molar-refractivity contribution in [3.8, 4) is 34.3 Å². The molecule has 5 aromatic rings. The van der Waals surface area contributed by atoms with Crippen molar-refractivity contribution >= 4 is 28.4 Å². The highest BCUT2D eigenvalue weighted by atomic mass is 16.5. The Morgan fingerprint density at radius 3 is 2.54 bits per heavy atom. The van der Waals surface area contributed by atoms with Crippen LogP contribution in [0.3, 0.4) is 0 Å². The van der Waals surface area contributed by atoms with Crippen LogP contribution in [0.15, 0.2) is 61.2 Å². The van der Waals surface area contributed by atoms with Crippen LogP contribution < -0.4 is 15.8 Å². The van der Waals surface area contributed by atoms with E-state index in [1.165, 1.54) is 6.33 Å². The molecule has 0 aliphatic rings. The standard InChI is InChI=1S/C26H25N9O2/c1-14(2)25(36)33-18-12-31-35(5)21(18)22-19(20-23(27)29-13-30-24(20)34(22)4)16-6-8-17(9-7-16)37-26-28-11-10-15(3)32-26/h6-13H,1H2,2-5H3,(H,33,36)(H2,27,29,30). The molecule has 186 valence electrons. The van der Waals surface area contributed by atoms with Gasteiger partial charge in [0.15, 0.2) is 0 Å². The Hall–Kier alpha value is -5.06. The number of nitrogens with two attached hydrogens (primary N) is 1. The number of hydrogen-bond acceptors (Lipinski definition) is 8. The minimum atomic E-state index is -0.297. The number of carbonyl (C=O) groups is 1. The van der Waals surface area contributed by atoms with E-state index in [9.17, 15) is 4.79 Å². The molecule has 0 aliphatic heterocycles. The zero-order valence-corrected chi connectivity index (χ0v) is 20.9. The Labute approximate surface area is 212 Å². The van der Waals surface area contributed by atoms with Crippen LogP contribution >= 0.6 is 0 Å². The largest absolute Gasteiger partial charge is 0.424 e. The molecular weight excluding hydrogens is 470 g/mol. The fourth-order valence-corrected chi connectivity index (χ4v) is 4.14. The van der Waals surface area contributed by atoms with Crippen LogP contribution in [-0.4, -0.2) is 40.2 Å². The van der Waals surface area contributed by atoms with Crippen molar-refractivity contribution < 1.29 is 9.53 Å². The SMILES string of the molecule is C=C(C)C(=O)Nc1cnn(C)c1-c1c(-c2ccc(Oc3nccc(C)n3)cc2)c2c(N)ncnc2n1C. The summed E-state index contributed by atoms with van der Waals surface area (Å²) in [4.78, 5) is 29.6. The number of hydrogen-bond donors (Lipinski definition) is 2. The minimum Gasteiger partial charge on any atom is -0.424 e. The summed E-state index contributed by atoms with van der Waals surface area (Å²) < 4.78 is 9.44. The molecule has 4 aromatic heterocycles. The Morgan fingerprint density at radius 2 is 1.84 bits per heavy atom. The maximum atomic E-state index is 12.5. The third-order valence-electron chi connectivity index (χ3n) is 5.92. The smallest absolute Gasteiger partial charge is 0.322 e. The van der Waals surface area contributed by atoms with E-state index < -0.39 is 0 Å². The average molecular weight is 496 g/mol. The second kappa shape index (κ2) is 9.19. The molecule has 0 spiro atoms. The van der Waals surface area contributed by atoms with Crippen molar-refractivity contribution in [3.05, 3.63) is 66.9 Å². The molecule has 1 amide bonds. The summed E-state index contributed by atoms with van der Waals surface area (Å²) in [7, 11) is 3.69. The van der Waals surface area contributed by atoms with Crippen LogP contribution in [0.2, 0.25) is 0 Å². The van der Waals surface area contributed by atoms with Gasteiger partial charge in [-0.05, 0) is 37.6 Å². The lowest BCUT2D eigenvalue weighted by Crippen LogP contribution is -2.13. The summed E-state index contributed by atoms with van der Waals surface area (Å²) in [6.07, 6.45) is 4.68. The fourth-order valence-electron chi connectivity index (χ4n) is 4.14. The zero-order chi connectivity index (χ0) is 26.3. The third-order valence-corrected chi connectivity index (χ3v) is 5.92. The van der Waals surface area contributed by atoms with Crippen LogP contribution in [-0.2, 0) is 18.9 Å². The van der Waals surface area contributed by atoms with Crippen LogP contribution in [0, 0.1) is 6.92 Å². The maximum absolute atomic E-state index is 12.5. The number of rotatable bonds is 6. The topological polar surface area (TPSA) is 139 Å². The number of anilines is 2. The van der Waals surface area contributed by atoms with Crippen molar-refractivity contribution in [1.82, 2.24) is 34.3 Å². The van der Waals surface area contributed by atoms with Gasteiger partial charge in [-0.15, -0.1) is 0 Å². The number of nitrogens with zero attached hydrogens (tertiary/aromatic N) is 7. The highest BCUT2D eigenvalue weighted by Crippen LogP contribution is 2.43. The highest BCUT2D eigenvalue weighted by molar-refractivity contribution is 6.10. The molecule has 37 heavy (non-hydrogen) atoms. The Bertz CT molecular complexity index is 1670. The van der Waals surface area contributed by atoms with Gasteiger partial charge in [-0.25, -0.2) is 19.9 Å². The maximum Gasteiger partial charge on any atom is 0.322 e. The molecule has 3 N–H and O–H groups in total. The lowest BCUT2D eigenvalue weighted by atomic mass is 10.0. The molecule has 0 atom stereocenters. The fraction of sp³-hybridized carbons (Fsp3) is 0.154. The van der Waals surface area contributed by atoms with E-state index in [1.807, 2.05) is 42.8 Å². The van der Waals surface area contributed by atoms with E-state index in [1.54, 1.807) is 37.1 Å². The van der Waals surface area contributed by atoms with Gasteiger partial charge in [0.05, 0.1) is 23.0 Å². The molecule has 0 unspecified atom stereocenters. The average Bonchev–Trinajstić information content (AvgIpc) is 3.36. The number of aryl methyl sites for hydroxylation is 3. The van der Waals surface area contributed by atoms with Crippen molar-refractivity contribution in [2.24, 2.45) is 14.1 Å². The van der Waals surface area contributed by atoms with Crippen molar-refractivity contribution in [1.29, 1.82) is 0 Å². The molecular formula is C26H25N9O2. The first kappa shape index (κ1) is 23.7. The second-order valence-electron chi connectivity index (χ2n) is 8.61. The molecule has 0 fully saturated rings. The van der Waals surface area contributed by atoms with Crippen molar-refractivity contribution in [2.75, 3.05) is 11.1 Å². The molecule has 11 heteroatoms. The first-order chi connectivity index (χ1) is 17.7. The molecule has 5 rings (SSSR count). The molecule has 0 saturated carbocycles. The van der Waals surface area contributed by atoms with Crippen LogP contribution in [0.5, 0.6) is 11.8 Å². The quantitative estimate of drug-likeness (QED) is 0.337. The molecule has 0 bridgehead atoms. The van der Waals surface area contributed by atoms with E-state index in [2.05, 4.69) is 36.9 Å². The Kier molecular flexibility index (Phi) is 5.88. The monoisotopic (exact) mass is 495 g/mol. The summed E-state index contributed by atoms with van der Waals surface area (Å²) in [5.74, 6) is 0.620. The van der Waals surface area contributed by atoms with Gasteiger partial charge in [-0.3, -0.25) is 9.48 Å². The van der Waals surface area contributed by atoms with E-state index in [0.717, 1.165) is 22.5 Å². The lowest BCUT2D eigenvalue weighted by Gasteiger charge is -2.13. The normalized spacial score (nSPS) is 11.0. The van der Waals surface area contributed by atoms with E-state index in [-0.39, 0.29) is 11.9 Å². The zero-order valence-electron chi connectivity index (χ0n) is 20.9. The number of fused-ring (bicyclic) bond motifs is 1. The van der Waals surface area contributed by atoms with Crippen LogP contribution in [0.25, 0.3) is 33.5 Å². The summed E-state index contributed by atoms with van der Waals surface area (Å²) in [5, 5.41) is 7.99. The first-order valence-corrected chi connectivity index (χ1v) is 11.4. The summed E-state index contributed by atoms with van der Waals surface area (Å²) in [6.45, 7) is 7.25.